The number of carbonyl (C=O) groups is 1. The van der Waals surface area contributed by atoms with Crippen LogP contribution in [-0.2, 0) is 6.18 Å². The van der Waals surface area contributed by atoms with Crippen LogP contribution < -0.4 is 11.1 Å². The van der Waals surface area contributed by atoms with Gasteiger partial charge in [0.25, 0.3) is 5.91 Å². The number of nitrogens with zero attached hydrogens (tertiary/aromatic N) is 1. The second-order valence-electron chi connectivity index (χ2n) is 12.1. The minimum absolute atomic E-state index is 0.0510. The zero-order chi connectivity index (χ0) is 34.6. The molecule has 1 heterocycles. The Morgan fingerprint density at radius 2 is 1.34 bits per heavy atom. The maximum absolute atomic E-state index is 13.6. The number of halogens is 8. The number of hydrogen-bond donors (Lipinski definition) is 4. The van der Waals surface area contributed by atoms with Gasteiger partial charge in [-0.2, -0.15) is 13.2 Å². The van der Waals surface area contributed by atoms with Crippen LogP contribution in [0.3, 0.4) is 0 Å². The van der Waals surface area contributed by atoms with Crippen LogP contribution in [-0.4, -0.2) is 44.6 Å². The van der Waals surface area contributed by atoms with E-state index in [4.69, 9.17) is 40.5 Å². The fraction of sp³-hybridized carbons (Fsp3) is 0.455. The van der Waals surface area contributed by atoms with Gasteiger partial charge >= 0.3 is 6.18 Å². The minimum atomic E-state index is -4.76. The third-order valence-corrected chi connectivity index (χ3v) is 9.61. The van der Waals surface area contributed by atoms with E-state index < -0.39 is 64.0 Å². The summed E-state index contributed by atoms with van der Waals surface area (Å²) in [7, 11) is 0. The van der Waals surface area contributed by atoms with Gasteiger partial charge in [0, 0.05) is 16.2 Å². The van der Waals surface area contributed by atoms with Crippen molar-refractivity contribution < 1.29 is 37.0 Å². The average molecular weight is 723 g/mol. The van der Waals surface area contributed by atoms with Gasteiger partial charge < -0.3 is 21.3 Å². The zero-order valence-corrected chi connectivity index (χ0v) is 27.4. The van der Waals surface area contributed by atoms with Gasteiger partial charge in [-0.3, -0.25) is 4.79 Å². The summed E-state index contributed by atoms with van der Waals surface area (Å²) in [6.07, 6.45) is -3.95. The third-order valence-electron chi connectivity index (χ3n) is 8.75. The molecule has 256 valence electrons. The Kier molecular flexibility index (Phi) is 12.2. The Labute approximate surface area is 284 Å². The normalized spacial score (nSPS) is 26.0. The molecular weight excluding hydrogens is 688 g/mol. The summed E-state index contributed by atoms with van der Waals surface area (Å²) < 4.78 is 66.1. The molecule has 2 aliphatic rings. The lowest BCUT2D eigenvalue weighted by Crippen LogP contribution is -2.48. The summed E-state index contributed by atoms with van der Waals surface area (Å²) in [5.41, 5.74) is 2.98. The molecule has 2 unspecified atom stereocenters. The maximum atomic E-state index is 13.6. The number of pyridine rings is 1. The van der Waals surface area contributed by atoms with Crippen LogP contribution in [0.1, 0.15) is 90.6 Å². The standard InChI is InChI=1S/C20H18Cl2F4N2O2.C13H17ClFNO/c21-12-3-1-2-11(10-12)17(19(30)7-4-13(23)5-8-19)28-18(29)16-15(22)14(6-9-27-16)20(24,25)26;14-10-3-1-2-9(8-10)12(16)13(17)6-4-11(15)5-7-13/h1-3,6,9-10,13,17,30H,4-5,7-8H2,(H,28,29);1-3,8,11-12,17H,4-7,16H2. The molecule has 0 saturated heterocycles. The molecule has 6 nitrogen and oxygen atoms in total. The van der Waals surface area contributed by atoms with Crippen LogP contribution in [0.4, 0.5) is 22.0 Å². The van der Waals surface area contributed by atoms with Gasteiger partial charge in [-0.15, -0.1) is 0 Å². The van der Waals surface area contributed by atoms with Gasteiger partial charge in [-0.25, -0.2) is 13.8 Å². The number of benzene rings is 2. The second kappa shape index (κ2) is 15.3. The number of aliphatic hydroxyl groups is 2. The summed E-state index contributed by atoms with van der Waals surface area (Å²) in [5.74, 6) is -0.994. The molecule has 5 rings (SSSR count). The van der Waals surface area contributed by atoms with Crippen molar-refractivity contribution in [2.45, 2.75) is 93.2 Å². The highest BCUT2D eigenvalue weighted by molar-refractivity contribution is 6.34. The van der Waals surface area contributed by atoms with Crippen LogP contribution in [0, 0.1) is 0 Å². The smallest absolute Gasteiger partial charge is 0.388 e. The summed E-state index contributed by atoms with van der Waals surface area (Å²) in [6.45, 7) is 0. The van der Waals surface area contributed by atoms with Crippen LogP contribution in [0.25, 0.3) is 0 Å². The van der Waals surface area contributed by atoms with E-state index >= 15 is 0 Å². The lowest BCUT2D eigenvalue weighted by atomic mass is 9.76. The number of carbonyl (C=O) groups excluding carboxylic acids is 1. The van der Waals surface area contributed by atoms with E-state index in [0.29, 0.717) is 47.4 Å². The Balaban J connectivity index is 0.000000248. The Morgan fingerprint density at radius 3 is 1.85 bits per heavy atom. The lowest BCUT2D eigenvalue weighted by molar-refractivity contribution is -0.137. The van der Waals surface area contributed by atoms with Gasteiger partial charge in [0.1, 0.15) is 18.0 Å². The van der Waals surface area contributed by atoms with Gasteiger partial charge in [-0.05, 0) is 92.8 Å². The maximum Gasteiger partial charge on any atom is 0.417 e. The Bertz CT molecular complexity index is 1530. The quantitative estimate of drug-likeness (QED) is 0.191. The molecule has 0 spiro atoms. The van der Waals surface area contributed by atoms with E-state index in [-0.39, 0.29) is 25.7 Å². The predicted octanol–water partition coefficient (Wildman–Crippen LogP) is 8.50. The molecule has 2 fully saturated rings. The van der Waals surface area contributed by atoms with Crippen LogP contribution >= 0.6 is 34.8 Å². The minimum Gasteiger partial charge on any atom is -0.388 e. The lowest BCUT2D eigenvalue weighted by Gasteiger charge is -2.40. The van der Waals surface area contributed by atoms with Crippen LogP contribution in [0.15, 0.2) is 60.8 Å². The topological polar surface area (TPSA) is 108 Å². The van der Waals surface area contributed by atoms with Crippen molar-refractivity contribution in [2.75, 3.05) is 0 Å². The monoisotopic (exact) mass is 721 g/mol. The van der Waals surface area contributed by atoms with Crippen molar-refractivity contribution >= 4 is 40.7 Å². The summed E-state index contributed by atoms with van der Waals surface area (Å²) in [5, 5.41) is 24.3. The molecule has 2 saturated carbocycles. The van der Waals surface area contributed by atoms with Gasteiger partial charge in [0.15, 0.2) is 0 Å². The Morgan fingerprint density at radius 1 is 0.851 bits per heavy atom. The van der Waals surface area contributed by atoms with Crippen molar-refractivity contribution in [1.82, 2.24) is 10.3 Å². The number of nitrogens with one attached hydrogen (secondary N) is 1. The third kappa shape index (κ3) is 9.33. The predicted molar refractivity (Wildman–Crippen MR) is 171 cm³/mol. The molecular formula is C33H35Cl3F5N3O3. The molecule has 0 radical (unpaired) electrons. The highest BCUT2D eigenvalue weighted by Crippen LogP contribution is 2.41. The number of aromatic nitrogens is 1. The molecule has 1 amide bonds. The average Bonchev–Trinajstić information content (AvgIpc) is 3.02. The molecule has 2 aromatic carbocycles. The molecule has 47 heavy (non-hydrogen) atoms. The molecule has 0 bridgehead atoms. The fourth-order valence-corrected chi connectivity index (χ4v) is 6.71. The number of rotatable bonds is 6. The first-order valence-electron chi connectivity index (χ1n) is 15.0. The molecule has 3 aromatic rings. The van der Waals surface area contributed by atoms with E-state index in [0.717, 1.165) is 11.8 Å². The summed E-state index contributed by atoms with van der Waals surface area (Å²) >= 11 is 17.7. The van der Waals surface area contributed by atoms with Crippen molar-refractivity contribution in [3.05, 3.63) is 98.2 Å². The molecule has 2 atom stereocenters. The largest absolute Gasteiger partial charge is 0.417 e. The van der Waals surface area contributed by atoms with Crippen LogP contribution in [0.2, 0.25) is 15.1 Å². The SMILES string of the molecule is NC(c1cccc(Cl)c1)C1(O)CCC(F)CC1.O=C(NC(c1cccc(Cl)c1)C1(O)CCC(F)CC1)c1nccc(C(F)(F)F)c1Cl. The van der Waals surface area contributed by atoms with Gasteiger partial charge in [0.2, 0.25) is 0 Å². The Hall–Kier alpha value is -2.54. The number of amides is 1. The first-order chi connectivity index (χ1) is 22.0. The molecule has 5 N–H and O–H groups in total. The molecule has 0 aliphatic heterocycles. The highest BCUT2D eigenvalue weighted by atomic mass is 35.5. The first kappa shape index (κ1) is 37.3. The van der Waals surface area contributed by atoms with Crippen molar-refractivity contribution in [2.24, 2.45) is 5.73 Å². The first-order valence-corrected chi connectivity index (χ1v) is 16.2. The number of hydrogen-bond acceptors (Lipinski definition) is 5. The summed E-state index contributed by atoms with van der Waals surface area (Å²) in [4.78, 5) is 16.5. The molecule has 1 aromatic heterocycles. The molecule has 2 aliphatic carbocycles. The number of alkyl halides is 5. The van der Waals surface area contributed by atoms with Crippen molar-refractivity contribution in [3.8, 4) is 0 Å². The van der Waals surface area contributed by atoms with Gasteiger partial charge in [-0.1, -0.05) is 59.1 Å². The van der Waals surface area contributed by atoms with Crippen molar-refractivity contribution in [3.63, 3.8) is 0 Å². The van der Waals surface area contributed by atoms with Crippen molar-refractivity contribution in [1.29, 1.82) is 0 Å². The molecule has 14 heteroatoms. The second-order valence-corrected chi connectivity index (χ2v) is 13.3. The zero-order valence-electron chi connectivity index (χ0n) is 25.1. The van der Waals surface area contributed by atoms with E-state index in [2.05, 4.69) is 10.3 Å². The van der Waals surface area contributed by atoms with Gasteiger partial charge in [0.05, 0.1) is 33.9 Å². The van der Waals surface area contributed by atoms with E-state index in [1.807, 2.05) is 12.1 Å². The van der Waals surface area contributed by atoms with Crippen LogP contribution in [0.5, 0.6) is 0 Å². The summed E-state index contributed by atoms with van der Waals surface area (Å²) in [6, 6.07) is 12.6. The highest BCUT2D eigenvalue weighted by Gasteiger charge is 2.43. The fourth-order valence-electron chi connectivity index (χ4n) is 6.01. The van der Waals surface area contributed by atoms with E-state index in [1.54, 1.807) is 30.3 Å². The number of nitrogens with two attached hydrogens (primary N) is 1. The van der Waals surface area contributed by atoms with E-state index in [1.165, 1.54) is 6.07 Å². The van der Waals surface area contributed by atoms with E-state index in [9.17, 15) is 37.0 Å².